The van der Waals surface area contributed by atoms with Crippen LogP contribution in [-0.2, 0) is 17.8 Å². The van der Waals surface area contributed by atoms with E-state index < -0.39 is 17.6 Å². The van der Waals surface area contributed by atoms with Crippen LogP contribution < -0.4 is 16.4 Å². The molecule has 0 saturated heterocycles. The molecule has 0 saturated carbocycles. The molecule has 0 bridgehead atoms. The topological polar surface area (TPSA) is 119 Å². The molecule has 3 heterocycles. The Morgan fingerprint density at radius 1 is 1.23 bits per heavy atom. The first-order valence-electron chi connectivity index (χ1n) is 9.11. The standard InChI is InChI=1S/C20H18FN5O3S/c1-10-6-13(21)12(7-15(10)25-19(28)16-8-23-20(22)30-16)18(27)26-17-3-2-11-9-29-5-4-14(11)24-17/h2-3,6-8H,4-5,9H2,1H3,(H2,22,23)(H,25,28)(H,24,26,27). The summed E-state index contributed by atoms with van der Waals surface area (Å²) in [5.41, 5.74) is 7.95. The molecule has 0 atom stereocenters. The zero-order valence-corrected chi connectivity index (χ0v) is 16.8. The normalized spacial score (nSPS) is 12.9. The fourth-order valence-corrected chi connectivity index (χ4v) is 3.62. The quantitative estimate of drug-likeness (QED) is 0.589. The smallest absolute Gasteiger partial charge is 0.267 e. The van der Waals surface area contributed by atoms with Gasteiger partial charge < -0.3 is 21.1 Å². The molecule has 0 fully saturated rings. The number of rotatable bonds is 4. The number of carbonyl (C=O) groups excluding carboxylic acids is 2. The molecule has 1 aromatic carbocycles. The summed E-state index contributed by atoms with van der Waals surface area (Å²) in [5.74, 6) is -1.48. The van der Waals surface area contributed by atoms with Crippen molar-refractivity contribution in [3.05, 3.63) is 63.5 Å². The number of ether oxygens (including phenoxy) is 1. The summed E-state index contributed by atoms with van der Waals surface area (Å²) in [5, 5.41) is 5.55. The highest BCUT2D eigenvalue weighted by molar-refractivity contribution is 7.17. The molecule has 1 aliphatic heterocycles. The molecule has 0 aliphatic carbocycles. The molecule has 2 amide bonds. The molecule has 154 valence electrons. The van der Waals surface area contributed by atoms with Crippen LogP contribution in [0.2, 0.25) is 0 Å². The molecule has 3 aromatic rings. The number of hydrogen-bond donors (Lipinski definition) is 3. The monoisotopic (exact) mass is 427 g/mol. The van der Waals surface area contributed by atoms with E-state index in [2.05, 4.69) is 20.6 Å². The van der Waals surface area contributed by atoms with Crippen LogP contribution >= 0.6 is 11.3 Å². The van der Waals surface area contributed by atoms with Crippen molar-refractivity contribution in [3.63, 3.8) is 0 Å². The number of carbonyl (C=O) groups is 2. The lowest BCUT2D eigenvalue weighted by Crippen LogP contribution is -2.18. The number of aromatic nitrogens is 2. The van der Waals surface area contributed by atoms with E-state index in [0.29, 0.717) is 41.6 Å². The van der Waals surface area contributed by atoms with Crippen molar-refractivity contribution in [2.45, 2.75) is 20.0 Å². The van der Waals surface area contributed by atoms with Gasteiger partial charge in [-0.15, -0.1) is 0 Å². The minimum Gasteiger partial charge on any atom is -0.376 e. The van der Waals surface area contributed by atoms with Gasteiger partial charge in [-0.1, -0.05) is 17.4 Å². The zero-order valence-electron chi connectivity index (χ0n) is 16.0. The van der Waals surface area contributed by atoms with E-state index in [9.17, 15) is 14.0 Å². The summed E-state index contributed by atoms with van der Waals surface area (Å²) in [6.07, 6.45) is 2.00. The molecule has 0 unspecified atom stereocenters. The van der Waals surface area contributed by atoms with Gasteiger partial charge in [-0.3, -0.25) is 9.59 Å². The second-order valence-corrected chi connectivity index (χ2v) is 7.79. The van der Waals surface area contributed by atoms with Crippen molar-refractivity contribution >= 4 is 39.8 Å². The lowest BCUT2D eigenvalue weighted by molar-refractivity contribution is 0.101. The van der Waals surface area contributed by atoms with Gasteiger partial charge in [0, 0.05) is 12.1 Å². The molecule has 4 N–H and O–H groups in total. The molecule has 30 heavy (non-hydrogen) atoms. The molecule has 8 nitrogen and oxygen atoms in total. The summed E-state index contributed by atoms with van der Waals surface area (Å²) in [4.78, 5) is 33.6. The first kappa shape index (κ1) is 19.9. The van der Waals surface area contributed by atoms with Crippen molar-refractivity contribution < 1.29 is 18.7 Å². The van der Waals surface area contributed by atoms with E-state index in [4.69, 9.17) is 10.5 Å². The largest absolute Gasteiger partial charge is 0.376 e. The van der Waals surface area contributed by atoms with Gasteiger partial charge in [0.1, 0.15) is 16.5 Å². The van der Waals surface area contributed by atoms with E-state index in [1.807, 2.05) is 6.07 Å². The van der Waals surface area contributed by atoms with Gasteiger partial charge in [-0.2, -0.15) is 0 Å². The SMILES string of the molecule is Cc1cc(F)c(C(=O)Nc2ccc3c(n2)CCOC3)cc1NC(=O)c1cnc(N)s1. The van der Waals surface area contributed by atoms with Crippen LogP contribution in [0, 0.1) is 12.7 Å². The number of thiazole rings is 1. The Bertz CT molecular complexity index is 1150. The Kier molecular flexibility index (Phi) is 5.42. The molecular formula is C20H18FN5O3S. The minimum atomic E-state index is -0.698. The minimum absolute atomic E-state index is 0.206. The summed E-state index contributed by atoms with van der Waals surface area (Å²) in [7, 11) is 0. The maximum atomic E-state index is 14.5. The molecule has 0 radical (unpaired) electrons. The van der Waals surface area contributed by atoms with E-state index >= 15 is 0 Å². The highest BCUT2D eigenvalue weighted by Gasteiger charge is 2.19. The average molecular weight is 427 g/mol. The van der Waals surface area contributed by atoms with Crippen molar-refractivity contribution in [1.29, 1.82) is 0 Å². The number of pyridine rings is 1. The van der Waals surface area contributed by atoms with Crippen LogP contribution in [0.15, 0.2) is 30.5 Å². The molecule has 0 spiro atoms. The van der Waals surface area contributed by atoms with Gasteiger partial charge in [-0.05, 0) is 36.2 Å². The van der Waals surface area contributed by atoms with Crippen molar-refractivity contribution in [1.82, 2.24) is 9.97 Å². The highest BCUT2D eigenvalue weighted by atomic mass is 32.1. The lowest BCUT2D eigenvalue weighted by atomic mass is 10.1. The fourth-order valence-electron chi connectivity index (χ4n) is 3.04. The molecule has 10 heteroatoms. The van der Waals surface area contributed by atoms with Gasteiger partial charge in [-0.25, -0.2) is 14.4 Å². The predicted octanol–water partition coefficient (Wildman–Crippen LogP) is 3.15. The molecule has 4 rings (SSSR count). The first-order valence-corrected chi connectivity index (χ1v) is 9.93. The van der Waals surface area contributed by atoms with Crippen molar-refractivity contribution in [2.75, 3.05) is 23.0 Å². The Balaban J connectivity index is 1.55. The van der Waals surface area contributed by atoms with Crippen LogP contribution in [0.5, 0.6) is 0 Å². The number of benzene rings is 1. The number of fused-ring (bicyclic) bond motifs is 1. The summed E-state index contributed by atoms with van der Waals surface area (Å²) >= 11 is 1.03. The summed E-state index contributed by atoms with van der Waals surface area (Å²) in [6.45, 7) is 2.69. The third-order valence-corrected chi connectivity index (χ3v) is 5.43. The Morgan fingerprint density at radius 2 is 2.07 bits per heavy atom. The van der Waals surface area contributed by atoms with Gasteiger partial charge in [0.2, 0.25) is 0 Å². The molecule has 1 aliphatic rings. The predicted molar refractivity (Wildman–Crippen MR) is 111 cm³/mol. The number of amides is 2. The average Bonchev–Trinajstić information content (AvgIpc) is 3.16. The number of hydrogen-bond acceptors (Lipinski definition) is 7. The molecular weight excluding hydrogens is 409 g/mol. The third kappa shape index (κ3) is 4.14. The van der Waals surface area contributed by atoms with Crippen molar-refractivity contribution in [2.24, 2.45) is 0 Å². The number of halogens is 1. The second-order valence-electron chi connectivity index (χ2n) is 6.72. The Labute approximate surface area is 175 Å². The number of aryl methyl sites for hydroxylation is 1. The van der Waals surface area contributed by atoms with Crippen LogP contribution in [0.25, 0.3) is 0 Å². The summed E-state index contributed by atoms with van der Waals surface area (Å²) in [6, 6.07) is 5.97. The first-order chi connectivity index (χ1) is 14.4. The Morgan fingerprint density at radius 3 is 2.83 bits per heavy atom. The third-order valence-electron chi connectivity index (χ3n) is 4.61. The number of nitrogens with one attached hydrogen (secondary N) is 2. The number of nitrogen functional groups attached to an aromatic ring is 1. The number of nitrogens with zero attached hydrogens (tertiary/aromatic N) is 2. The Hall–Kier alpha value is -3.37. The number of nitrogens with two attached hydrogens (primary N) is 1. The second kappa shape index (κ2) is 8.17. The lowest BCUT2D eigenvalue weighted by Gasteiger charge is -2.16. The van der Waals surface area contributed by atoms with Crippen LogP contribution in [0.3, 0.4) is 0 Å². The maximum absolute atomic E-state index is 14.5. The van der Waals surface area contributed by atoms with Gasteiger partial charge in [0.15, 0.2) is 5.13 Å². The van der Waals surface area contributed by atoms with Crippen LogP contribution in [-0.4, -0.2) is 28.4 Å². The van der Waals surface area contributed by atoms with Gasteiger partial charge in [0.25, 0.3) is 11.8 Å². The zero-order chi connectivity index (χ0) is 21.3. The van der Waals surface area contributed by atoms with Gasteiger partial charge in [0.05, 0.1) is 30.7 Å². The number of anilines is 3. The van der Waals surface area contributed by atoms with Crippen LogP contribution in [0.1, 0.15) is 36.9 Å². The summed E-state index contributed by atoms with van der Waals surface area (Å²) < 4.78 is 19.9. The molecule has 2 aromatic heterocycles. The van der Waals surface area contributed by atoms with E-state index in [1.165, 1.54) is 18.3 Å². The van der Waals surface area contributed by atoms with E-state index in [1.54, 1.807) is 13.0 Å². The van der Waals surface area contributed by atoms with E-state index in [0.717, 1.165) is 22.6 Å². The van der Waals surface area contributed by atoms with Gasteiger partial charge >= 0.3 is 0 Å². The van der Waals surface area contributed by atoms with Crippen LogP contribution in [0.4, 0.5) is 21.0 Å². The van der Waals surface area contributed by atoms with Crippen molar-refractivity contribution in [3.8, 4) is 0 Å². The maximum Gasteiger partial charge on any atom is 0.267 e. The fraction of sp³-hybridized carbons (Fsp3) is 0.200. The highest BCUT2D eigenvalue weighted by Crippen LogP contribution is 2.24. The van der Waals surface area contributed by atoms with E-state index in [-0.39, 0.29) is 10.7 Å².